The fourth-order valence-corrected chi connectivity index (χ4v) is 2.50. The topological polar surface area (TPSA) is 77.4 Å². The Morgan fingerprint density at radius 3 is 2.32 bits per heavy atom. The number of benzene rings is 1. The molecule has 6 heteroatoms. The van der Waals surface area contributed by atoms with Gasteiger partial charge in [0, 0.05) is 18.0 Å². The fourth-order valence-electron chi connectivity index (χ4n) is 2.50. The Balaban J connectivity index is 1.94. The molecule has 1 amide bonds. The molecule has 2 aromatic rings. The molecular weight excluding hydrogens is 320 g/mol. The van der Waals surface area contributed by atoms with E-state index in [2.05, 4.69) is 5.32 Å². The molecule has 0 saturated heterocycles. The molecule has 1 N–H and O–H groups in total. The lowest BCUT2D eigenvalue weighted by molar-refractivity contribution is -0.147. The van der Waals surface area contributed by atoms with Crippen molar-refractivity contribution in [3.8, 4) is 0 Å². The quantitative estimate of drug-likeness (QED) is 0.782. The van der Waals surface area contributed by atoms with E-state index in [1.165, 1.54) is 16.8 Å². The number of nitrogens with one attached hydrogen (secondary N) is 1. The average molecular weight is 342 g/mol. The number of ether oxygens (including phenoxy) is 1. The fraction of sp³-hybridized carbons (Fsp3) is 0.316. The predicted octanol–water partition coefficient (Wildman–Crippen LogP) is 2.16. The molecule has 0 atom stereocenters. The van der Waals surface area contributed by atoms with Gasteiger partial charge in [-0.25, -0.2) is 0 Å². The third-order valence-electron chi connectivity index (χ3n) is 3.83. The van der Waals surface area contributed by atoms with Crippen LogP contribution in [-0.4, -0.2) is 23.1 Å². The molecule has 0 saturated carbocycles. The van der Waals surface area contributed by atoms with Gasteiger partial charge in [-0.3, -0.25) is 14.4 Å². The molecule has 1 heterocycles. The zero-order chi connectivity index (χ0) is 18.2. The summed E-state index contributed by atoms with van der Waals surface area (Å²) < 4.78 is 6.20. The Kier molecular flexibility index (Phi) is 6.51. The van der Waals surface area contributed by atoms with Gasteiger partial charge in [-0.1, -0.05) is 38.1 Å². The SMILES string of the molecule is CCc1cccc(CC)c1NC(=O)COC(=O)Cn1ccccc1=O. The summed E-state index contributed by atoms with van der Waals surface area (Å²) in [5, 5.41) is 2.83. The number of para-hydroxylation sites is 1. The second-order valence-corrected chi connectivity index (χ2v) is 5.53. The summed E-state index contributed by atoms with van der Waals surface area (Å²) in [6.07, 6.45) is 3.08. The molecule has 0 aliphatic heterocycles. The number of esters is 1. The van der Waals surface area contributed by atoms with Crippen molar-refractivity contribution in [2.24, 2.45) is 0 Å². The van der Waals surface area contributed by atoms with Crippen LogP contribution in [0.5, 0.6) is 0 Å². The number of aromatic nitrogens is 1. The molecular formula is C19H22N2O4. The number of rotatable bonds is 7. The van der Waals surface area contributed by atoms with Crippen molar-refractivity contribution in [2.75, 3.05) is 11.9 Å². The van der Waals surface area contributed by atoms with Crippen LogP contribution in [0.2, 0.25) is 0 Å². The van der Waals surface area contributed by atoms with Gasteiger partial charge in [-0.15, -0.1) is 0 Å². The molecule has 2 rings (SSSR count). The maximum absolute atomic E-state index is 12.1. The minimum atomic E-state index is -0.636. The molecule has 25 heavy (non-hydrogen) atoms. The minimum absolute atomic E-state index is 0.224. The highest BCUT2D eigenvalue weighted by atomic mass is 16.5. The van der Waals surface area contributed by atoms with Crippen LogP contribution in [0.15, 0.2) is 47.4 Å². The van der Waals surface area contributed by atoms with Gasteiger partial charge in [0.25, 0.3) is 11.5 Å². The Hall–Kier alpha value is -2.89. The standard InChI is InChI=1S/C19H22N2O4/c1-3-14-8-7-9-15(4-2)19(14)20-16(22)13-25-18(24)12-21-11-6-5-10-17(21)23/h5-11H,3-4,12-13H2,1-2H3,(H,20,22). The van der Waals surface area contributed by atoms with Gasteiger partial charge in [0.15, 0.2) is 6.61 Å². The molecule has 0 radical (unpaired) electrons. The van der Waals surface area contributed by atoms with Gasteiger partial charge in [-0.2, -0.15) is 0 Å². The van der Waals surface area contributed by atoms with Crippen molar-refractivity contribution in [2.45, 2.75) is 33.2 Å². The van der Waals surface area contributed by atoms with Crippen LogP contribution in [0.3, 0.4) is 0 Å². The zero-order valence-corrected chi connectivity index (χ0v) is 14.5. The first kappa shape index (κ1) is 18.4. The van der Waals surface area contributed by atoms with Crippen LogP contribution in [0.4, 0.5) is 5.69 Å². The summed E-state index contributed by atoms with van der Waals surface area (Å²) in [6, 6.07) is 10.5. The number of anilines is 1. The number of carbonyl (C=O) groups is 2. The second kappa shape index (κ2) is 8.82. The molecule has 1 aromatic carbocycles. The third kappa shape index (κ3) is 5.04. The molecule has 1 aromatic heterocycles. The van der Waals surface area contributed by atoms with E-state index >= 15 is 0 Å². The second-order valence-electron chi connectivity index (χ2n) is 5.53. The third-order valence-corrected chi connectivity index (χ3v) is 3.83. The molecule has 6 nitrogen and oxygen atoms in total. The normalized spacial score (nSPS) is 10.3. The first-order valence-electron chi connectivity index (χ1n) is 8.26. The molecule has 0 aliphatic rings. The molecule has 0 bridgehead atoms. The highest BCUT2D eigenvalue weighted by molar-refractivity contribution is 5.94. The van der Waals surface area contributed by atoms with Gasteiger partial charge in [0.05, 0.1) is 0 Å². The minimum Gasteiger partial charge on any atom is -0.454 e. The zero-order valence-electron chi connectivity index (χ0n) is 14.5. The molecule has 132 valence electrons. The van der Waals surface area contributed by atoms with Gasteiger partial charge >= 0.3 is 5.97 Å². The lowest BCUT2D eigenvalue weighted by Crippen LogP contribution is -2.27. The number of carbonyl (C=O) groups excluding carboxylic acids is 2. The Bertz CT molecular complexity index is 789. The van der Waals surface area contributed by atoms with E-state index < -0.39 is 11.9 Å². The van der Waals surface area contributed by atoms with E-state index in [-0.39, 0.29) is 18.7 Å². The van der Waals surface area contributed by atoms with E-state index in [1.807, 2.05) is 32.0 Å². The lowest BCUT2D eigenvalue weighted by atomic mass is 10.0. The van der Waals surface area contributed by atoms with E-state index in [0.29, 0.717) is 0 Å². The molecule has 0 aliphatic carbocycles. The van der Waals surface area contributed by atoms with Crippen molar-refractivity contribution in [3.63, 3.8) is 0 Å². The Morgan fingerprint density at radius 2 is 1.72 bits per heavy atom. The van der Waals surface area contributed by atoms with Gasteiger partial charge in [-0.05, 0) is 30.0 Å². The Morgan fingerprint density at radius 1 is 1.04 bits per heavy atom. The maximum atomic E-state index is 12.1. The van der Waals surface area contributed by atoms with Crippen LogP contribution in [0, 0.1) is 0 Å². The number of hydrogen-bond acceptors (Lipinski definition) is 4. The van der Waals surface area contributed by atoms with Crippen molar-refractivity contribution in [1.29, 1.82) is 0 Å². The lowest BCUT2D eigenvalue weighted by Gasteiger charge is -2.14. The molecule has 0 spiro atoms. The van der Waals surface area contributed by atoms with Crippen molar-refractivity contribution in [1.82, 2.24) is 4.57 Å². The summed E-state index contributed by atoms with van der Waals surface area (Å²) in [7, 11) is 0. The smallest absolute Gasteiger partial charge is 0.326 e. The number of amides is 1. The van der Waals surface area contributed by atoms with Gasteiger partial charge in [0.2, 0.25) is 0 Å². The number of aryl methyl sites for hydroxylation is 2. The predicted molar refractivity (Wildman–Crippen MR) is 95.5 cm³/mol. The number of hydrogen-bond donors (Lipinski definition) is 1. The summed E-state index contributed by atoms with van der Waals surface area (Å²) in [5.74, 6) is -1.03. The van der Waals surface area contributed by atoms with E-state index in [4.69, 9.17) is 4.74 Å². The molecule has 0 fully saturated rings. The maximum Gasteiger partial charge on any atom is 0.326 e. The first-order valence-corrected chi connectivity index (χ1v) is 8.26. The summed E-state index contributed by atoms with van der Waals surface area (Å²) in [6.45, 7) is 3.42. The average Bonchev–Trinajstić information content (AvgIpc) is 2.62. The highest BCUT2D eigenvalue weighted by Gasteiger charge is 2.12. The summed E-state index contributed by atoms with van der Waals surface area (Å²) in [4.78, 5) is 35.5. The van der Waals surface area contributed by atoms with Crippen LogP contribution in [-0.2, 0) is 33.7 Å². The number of pyridine rings is 1. The number of nitrogens with zero attached hydrogens (tertiary/aromatic N) is 1. The van der Waals surface area contributed by atoms with Gasteiger partial charge in [0.1, 0.15) is 6.54 Å². The van der Waals surface area contributed by atoms with Crippen LogP contribution < -0.4 is 10.9 Å². The van der Waals surface area contributed by atoms with Crippen LogP contribution in [0.25, 0.3) is 0 Å². The van der Waals surface area contributed by atoms with E-state index in [9.17, 15) is 14.4 Å². The van der Waals surface area contributed by atoms with E-state index in [1.54, 1.807) is 12.1 Å². The first-order chi connectivity index (χ1) is 12.0. The largest absolute Gasteiger partial charge is 0.454 e. The summed E-state index contributed by atoms with van der Waals surface area (Å²) >= 11 is 0. The molecule has 0 unspecified atom stereocenters. The van der Waals surface area contributed by atoms with Crippen LogP contribution >= 0.6 is 0 Å². The Labute approximate surface area is 146 Å². The van der Waals surface area contributed by atoms with Crippen molar-refractivity contribution >= 4 is 17.6 Å². The van der Waals surface area contributed by atoms with Crippen molar-refractivity contribution in [3.05, 3.63) is 64.1 Å². The summed E-state index contributed by atoms with van der Waals surface area (Å²) in [5.41, 5.74) is 2.56. The van der Waals surface area contributed by atoms with Crippen LogP contribution in [0.1, 0.15) is 25.0 Å². The van der Waals surface area contributed by atoms with Gasteiger partial charge < -0.3 is 14.6 Å². The van der Waals surface area contributed by atoms with Crippen molar-refractivity contribution < 1.29 is 14.3 Å². The van der Waals surface area contributed by atoms with E-state index in [0.717, 1.165) is 29.7 Å². The highest BCUT2D eigenvalue weighted by Crippen LogP contribution is 2.22. The monoisotopic (exact) mass is 342 g/mol.